The van der Waals surface area contributed by atoms with Gasteiger partial charge in [0.25, 0.3) is 5.91 Å². The molecule has 18 heavy (non-hydrogen) atoms. The van der Waals surface area contributed by atoms with Crippen molar-refractivity contribution in [3.63, 3.8) is 0 Å². The Morgan fingerprint density at radius 2 is 1.83 bits per heavy atom. The molecule has 0 fully saturated rings. The van der Waals surface area contributed by atoms with Crippen LogP contribution in [-0.2, 0) is 4.79 Å². The second-order valence-electron chi connectivity index (χ2n) is 5.13. The second-order valence-corrected chi connectivity index (χ2v) is 5.13. The van der Waals surface area contributed by atoms with Crippen molar-refractivity contribution in [2.75, 3.05) is 30.5 Å². The molecule has 3 rings (SSSR count). The van der Waals surface area contributed by atoms with Crippen molar-refractivity contribution in [3.05, 3.63) is 12.1 Å². The third-order valence-corrected chi connectivity index (χ3v) is 3.31. The van der Waals surface area contributed by atoms with Gasteiger partial charge in [-0.05, 0) is 13.8 Å². The van der Waals surface area contributed by atoms with Gasteiger partial charge in [-0.3, -0.25) is 4.79 Å². The van der Waals surface area contributed by atoms with Crippen molar-refractivity contribution in [3.8, 4) is 11.5 Å². The largest absolute Gasteiger partial charge is 0.486 e. The summed E-state index contributed by atoms with van der Waals surface area (Å²) in [5, 5.41) is 3.24. The van der Waals surface area contributed by atoms with Gasteiger partial charge in [-0.15, -0.1) is 0 Å². The van der Waals surface area contributed by atoms with E-state index in [1.54, 1.807) is 11.9 Å². The first-order valence-corrected chi connectivity index (χ1v) is 5.99. The van der Waals surface area contributed by atoms with Crippen molar-refractivity contribution in [2.24, 2.45) is 0 Å². The summed E-state index contributed by atoms with van der Waals surface area (Å²) in [6.07, 6.45) is 0. The molecule has 0 aliphatic carbocycles. The third-order valence-electron chi connectivity index (χ3n) is 3.31. The first-order valence-electron chi connectivity index (χ1n) is 5.99. The van der Waals surface area contributed by atoms with Crippen LogP contribution in [0.2, 0.25) is 0 Å². The van der Waals surface area contributed by atoms with E-state index in [0.717, 1.165) is 17.1 Å². The van der Waals surface area contributed by atoms with E-state index in [1.165, 1.54) is 0 Å². The lowest BCUT2D eigenvalue weighted by Crippen LogP contribution is -2.52. The SMILES string of the molecule is CN1C(=O)C(C)(C)Nc2cc3c(cc21)OCCO3. The van der Waals surface area contributed by atoms with Crippen molar-refractivity contribution in [1.82, 2.24) is 0 Å². The highest BCUT2D eigenvalue weighted by Gasteiger charge is 2.37. The Balaban J connectivity index is 2.12. The van der Waals surface area contributed by atoms with Crippen LogP contribution in [0.1, 0.15) is 13.8 Å². The summed E-state index contributed by atoms with van der Waals surface area (Å²) in [4.78, 5) is 13.8. The van der Waals surface area contributed by atoms with Gasteiger partial charge in [0.2, 0.25) is 0 Å². The summed E-state index contributed by atoms with van der Waals surface area (Å²) in [5.74, 6) is 1.46. The predicted molar refractivity (Wildman–Crippen MR) is 68.5 cm³/mol. The molecule has 2 aliphatic rings. The number of benzene rings is 1. The number of nitrogens with one attached hydrogen (secondary N) is 1. The summed E-state index contributed by atoms with van der Waals surface area (Å²) in [5.41, 5.74) is 1.11. The Hall–Kier alpha value is -1.91. The van der Waals surface area contributed by atoms with E-state index in [4.69, 9.17) is 9.47 Å². The highest BCUT2D eigenvalue weighted by molar-refractivity contribution is 6.07. The average molecular weight is 248 g/mol. The van der Waals surface area contributed by atoms with Crippen LogP contribution in [0.4, 0.5) is 11.4 Å². The molecule has 0 saturated carbocycles. The van der Waals surface area contributed by atoms with Gasteiger partial charge in [0.05, 0.1) is 11.4 Å². The van der Waals surface area contributed by atoms with Crippen LogP contribution in [-0.4, -0.2) is 31.7 Å². The average Bonchev–Trinajstić information content (AvgIpc) is 2.34. The minimum Gasteiger partial charge on any atom is -0.486 e. The van der Waals surface area contributed by atoms with Gasteiger partial charge in [0.15, 0.2) is 11.5 Å². The summed E-state index contributed by atoms with van der Waals surface area (Å²) in [6.45, 7) is 4.84. The molecule has 2 heterocycles. The molecule has 0 aromatic heterocycles. The maximum Gasteiger partial charge on any atom is 0.251 e. The number of likely N-dealkylation sites (N-methyl/N-ethyl adjacent to an activating group) is 1. The number of amides is 1. The molecule has 0 spiro atoms. The van der Waals surface area contributed by atoms with Crippen LogP contribution in [0.15, 0.2) is 12.1 Å². The molecule has 0 bridgehead atoms. The topological polar surface area (TPSA) is 50.8 Å². The number of nitrogens with zero attached hydrogens (tertiary/aromatic N) is 1. The van der Waals surface area contributed by atoms with E-state index in [0.29, 0.717) is 19.0 Å². The summed E-state index contributed by atoms with van der Waals surface area (Å²) in [7, 11) is 1.78. The zero-order valence-corrected chi connectivity index (χ0v) is 10.7. The highest BCUT2D eigenvalue weighted by Crippen LogP contribution is 2.43. The fourth-order valence-electron chi connectivity index (χ4n) is 2.37. The minimum atomic E-state index is -0.606. The van der Waals surface area contributed by atoms with Crippen LogP contribution in [0.3, 0.4) is 0 Å². The smallest absolute Gasteiger partial charge is 0.251 e. The lowest BCUT2D eigenvalue weighted by molar-refractivity contribution is -0.121. The molecule has 5 nitrogen and oxygen atoms in total. The van der Waals surface area contributed by atoms with E-state index >= 15 is 0 Å². The van der Waals surface area contributed by atoms with E-state index in [2.05, 4.69) is 5.32 Å². The molecular formula is C13H16N2O3. The van der Waals surface area contributed by atoms with Crippen LogP contribution < -0.4 is 19.7 Å². The standard InChI is InChI=1S/C13H16N2O3/c1-13(2)12(16)15(3)9-7-11-10(6-8(9)14-13)17-4-5-18-11/h6-7,14H,4-5H2,1-3H3. The van der Waals surface area contributed by atoms with Gasteiger partial charge in [0, 0.05) is 19.2 Å². The van der Waals surface area contributed by atoms with Crippen molar-refractivity contribution in [1.29, 1.82) is 0 Å². The molecule has 1 amide bonds. The molecule has 0 radical (unpaired) electrons. The van der Waals surface area contributed by atoms with E-state index in [1.807, 2.05) is 26.0 Å². The van der Waals surface area contributed by atoms with Crippen molar-refractivity contribution < 1.29 is 14.3 Å². The fraction of sp³-hybridized carbons (Fsp3) is 0.462. The van der Waals surface area contributed by atoms with Gasteiger partial charge in [-0.25, -0.2) is 0 Å². The lowest BCUT2D eigenvalue weighted by Gasteiger charge is -2.38. The minimum absolute atomic E-state index is 0.0340. The summed E-state index contributed by atoms with van der Waals surface area (Å²) < 4.78 is 11.1. The summed E-state index contributed by atoms with van der Waals surface area (Å²) >= 11 is 0. The summed E-state index contributed by atoms with van der Waals surface area (Å²) in [6, 6.07) is 3.75. The normalized spacial score (nSPS) is 20.2. The lowest BCUT2D eigenvalue weighted by atomic mass is 9.98. The van der Waals surface area contributed by atoms with Gasteiger partial charge in [-0.2, -0.15) is 0 Å². The van der Waals surface area contributed by atoms with Gasteiger partial charge in [0.1, 0.15) is 18.8 Å². The highest BCUT2D eigenvalue weighted by atomic mass is 16.6. The molecule has 96 valence electrons. The maximum absolute atomic E-state index is 12.2. The van der Waals surface area contributed by atoms with Crippen molar-refractivity contribution in [2.45, 2.75) is 19.4 Å². The maximum atomic E-state index is 12.2. The van der Waals surface area contributed by atoms with E-state index in [9.17, 15) is 4.79 Å². The predicted octanol–water partition coefficient (Wildman–Crippen LogP) is 1.62. The molecule has 1 aromatic rings. The first kappa shape index (κ1) is 11.2. The van der Waals surface area contributed by atoms with Gasteiger partial charge >= 0.3 is 0 Å². The quantitative estimate of drug-likeness (QED) is 0.758. The van der Waals surface area contributed by atoms with Gasteiger partial charge < -0.3 is 19.7 Å². The molecule has 2 aliphatic heterocycles. The Morgan fingerprint density at radius 1 is 1.22 bits per heavy atom. The number of rotatable bonds is 0. The van der Waals surface area contributed by atoms with E-state index in [-0.39, 0.29) is 5.91 Å². The zero-order chi connectivity index (χ0) is 12.9. The number of fused-ring (bicyclic) bond motifs is 2. The Kier molecular flexibility index (Phi) is 2.20. The molecular weight excluding hydrogens is 232 g/mol. The van der Waals surface area contributed by atoms with E-state index < -0.39 is 5.54 Å². The number of ether oxygens (including phenoxy) is 2. The van der Waals surface area contributed by atoms with Crippen molar-refractivity contribution >= 4 is 17.3 Å². The molecule has 0 atom stereocenters. The third kappa shape index (κ3) is 1.50. The Labute approximate surface area is 106 Å². The number of anilines is 2. The molecule has 5 heteroatoms. The van der Waals surface area contributed by atoms with Crippen LogP contribution in [0.5, 0.6) is 11.5 Å². The van der Waals surface area contributed by atoms with Crippen LogP contribution in [0, 0.1) is 0 Å². The molecule has 1 N–H and O–H groups in total. The second kappa shape index (κ2) is 3.54. The van der Waals surface area contributed by atoms with Crippen LogP contribution in [0.25, 0.3) is 0 Å². The Morgan fingerprint density at radius 3 is 2.50 bits per heavy atom. The number of hydrogen-bond acceptors (Lipinski definition) is 4. The number of hydrogen-bond donors (Lipinski definition) is 1. The van der Waals surface area contributed by atoms with Crippen LogP contribution >= 0.6 is 0 Å². The number of carbonyl (C=O) groups is 1. The first-order chi connectivity index (χ1) is 8.49. The monoisotopic (exact) mass is 248 g/mol. The number of carbonyl (C=O) groups excluding carboxylic acids is 1. The van der Waals surface area contributed by atoms with Gasteiger partial charge in [-0.1, -0.05) is 0 Å². The Bertz CT molecular complexity index is 525. The molecule has 1 aromatic carbocycles. The fourth-order valence-corrected chi connectivity index (χ4v) is 2.37. The zero-order valence-electron chi connectivity index (χ0n) is 10.7. The molecule has 0 saturated heterocycles. The molecule has 0 unspecified atom stereocenters.